The first-order valence-corrected chi connectivity index (χ1v) is 7.08. The minimum absolute atomic E-state index is 0.407. The van der Waals surface area contributed by atoms with Gasteiger partial charge in [-0.3, -0.25) is 0 Å². The van der Waals surface area contributed by atoms with E-state index in [2.05, 4.69) is 10.6 Å². The first kappa shape index (κ1) is 16.8. The molecule has 0 saturated heterocycles. The van der Waals surface area contributed by atoms with Crippen LogP contribution in [0, 0.1) is 0 Å². The monoisotopic (exact) mass is 336 g/mol. The number of benzene rings is 2. The Morgan fingerprint density at radius 2 is 1.61 bits per heavy atom. The van der Waals surface area contributed by atoms with Crippen molar-refractivity contribution in [3.8, 4) is 17.2 Å². The highest BCUT2D eigenvalue weighted by Crippen LogP contribution is 2.30. The van der Waals surface area contributed by atoms with Crippen molar-refractivity contribution in [1.29, 1.82) is 0 Å². The standard InChI is InChI=1S/C16H17ClN2O4/c1-21-11-5-7-15(23-3)13(9-11)19-16(20)18-10-4-6-14(22-2)12(17)8-10/h4-9H,1-3H3,(H2,18,19,20). The summed E-state index contributed by atoms with van der Waals surface area (Å²) in [6.07, 6.45) is 0. The van der Waals surface area contributed by atoms with Crippen LogP contribution in [-0.4, -0.2) is 27.4 Å². The first-order chi connectivity index (χ1) is 11.1. The van der Waals surface area contributed by atoms with Crippen LogP contribution in [0.3, 0.4) is 0 Å². The maximum atomic E-state index is 12.1. The zero-order valence-electron chi connectivity index (χ0n) is 13.0. The lowest BCUT2D eigenvalue weighted by Crippen LogP contribution is -2.19. The minimum Gasteiger partial charge on any atom is -0.497 e. The Morgan fingerprint density at radius 1 is 0.913 bits per heavy atom. The van der Waals surface area contributed by atoms with Crippen molar-refractivity contribution < 1.29 is 19.0 Å². The smallest absolute Gasteiger partial charge is 0.323 e. The van der Waals surface area contributed by atoms with E-state index in [1.165, 1.54) is 14.2 Å². The number of hydrogen-bond acceptors (Lipinski definition) is 4. The topological polar surface area (TPSA) is 68.8 Å². The molecule has 0 aliphatic heterocycles. The molecule has 2 amide bonds. The van der Waals surface area contributed by atoms with E-state index in [1.54, 1.807) is 43.5 Å². The van der Waals surface area contributed by atoms with Gasteiger partial charge in [-0.15, -0.1) is 0 Å². The Kier molecular flexibility index (Phi) is 5.54. The molecule has 0 saturated carbocycles. The van der Waals surface area contributed by atoms with E-state index >= 15 is 0 Å². The molecule has 2 N–H and O–H groups in total. The van der Waals surface area contributed by atoms with E-state index in [-0.39, 0.29) is 0 Å². The summed E-state index contributed by atoms with van der Waals surface area (Å²) in [5, 5.41) is 5.79. The summed E-state index contributed by atoms with van der Waals surface area (Å²) in [6, 6.07) is 9.64. The number of carbonyl (C=O) groups is 1. The number of urea groups is 1. The summed E-state index contributed by atoms with van der Waals surface area (Å²) in [7, 11) is 4.59. The predicted octanol–water partition coefficient (Wildman–Crippen LogP) is 4.01. The fourth-order valence-corrected chi connectivity index (χ4v) is 2.20. The van der Waals surface area contributed by atoms with Gasteiger partial charge in [-0.25, -0.2) is 4.79 Å². The summed E-state index contributed by atoms with van der Waals surface area (Å²) in [6.45, 7) is 0. The minimum atomic E-state index is -0.433. The van der Waals surface area contributed by atoms with Gasteiger partial charge in [0.15, 0.2) is 0 Å². The van der Waals surface area contributed by atoms with Crippen molar-refractivity contribution in [1.82, 2.24) is 0 Å². The third-order valence-corrected chi connectivity index (χ3v) is 3.36. The van der Waals surface area contributed by atoms with Crippen molar-refractivity contribution in [2.75, 3.05) is 32.0 Å². The third-order valence-electron chi connectivity index (χ3n) is 3.06. The molecule has 0 heterocycles. The van der Waals surface area contributed by atoms with Crippen LogP contribution in [0.25, 0.3) is 0 Å². The van der Waals surface area contributed by atoms with Gasteiger partial charge < -0.3 is 24.8 Å². The van der Waals surface area contributed by atoms with Crippen LogP contribution >= 0.6 is 11.6 Å². The van der Waals surface area contributed by atoms with Gasteiger partial charge in [0, 0.05) is 11.8 Å². The number of ether oxygens (including phenoxy) is 3. The average Bonchev–Trinajstić information content (AvgIpc) is 2.54. The van der Waals surface area contributed by atoms with Crippen molar-refractivity contribution >= 4 is 29.0 Å². The van der Waals surface area contributed by atoms with Crippen LogP contribution in [0.2, 0.25) is 5.02 Å². The molecule has 122 valence electrons. The number of hydrogen-bond donors (Lipinski definition) is 2. The lowest BCUT2D eigenvalue weighted by molar-refractivity contribution is 0.262. The van der Waals surface area contributed by atoms with Gasteiger partial charge in [-0.2, -0.15) is 0 Å². The molecule has 23 heavy (non-hydrogen) atoms. The molecule has 0 atom stereocenters. The molecule has 2 aromatic carbocycles. The Bertz CT molecular complexity index is 706. The maximum absolute atomic E-state index is 12.1. The normalized spacial score (nSPS) is 9.91. The number of rotatable bonds is 5. The van der Waals surface area contributed by atoms with E-state index in [1.807, 2.05) is 0 Å². The fraction of sp³-hybridized carbons (Fsp3) is 0.188. The second-order valence-corrected chi connectivity index (χ2v) is 4.90. The largest absolute Gasteiger partial charge is 0.497 e. The summed E-state index contributed by atoms with van der Waals surface area (Å²) in [4.78, 5) is 12.1. The molecule has 0 aromatic heterocycles. The SMILES string of the molecule is COc1ccc(OC)c(NC(=O)Nc2ccc(OC)c(Cl)c2)c1. The van der Waals surface area contributed by atoms with E-state index in [4.69, 9.17) is 25.8 Å². The second-order valence-electron chi connectivity index (χ2n) is 4.49. The van der Waals surface area contributed by atoms with E-state index in [0.717, 1.165) is 0 Å². The van der Waals surface area contributed by atoms with Gasteiger partial charge in [-0.05, 0) is 30.3 Å². The number of methoxy groups -OCH3 is 3. The molecule has 0 spiro atoms. The molecule has 0 unspecified atom stereocenters. The molecular weight excluding hydrogens is 320 g/mol. The maximum Gasteiger partial charge on any atom is 0.323 e. The molecule has 7 heteroatoms. The van der Waals surface area contributed by atoms with Gasteiger partial charge >= 0.3 is 6.03 Å². The van der Waals surface area contributed by atoms with Crippen molar-refractivity contribution in [3.05, 3.63) is 41.4 Å². The number of nitrogens with one attached hydrogen (secondary N) is 2. The molecule has 2 aromatic rings. The zero-order chi connectivity index (χ0) is 16.8. The van der Waals surface area contributed by atoms with E-state index in [9.17, 15) is 4.79 Å². The predicted molar refractivity (Wildman–Crippen MR) is 90.2 cm³/mol. The molecule has 6 nitrogen and oxygen atoms in total. The highest BCUT2D eigenvalue weighted by atomic mass is 35.5. The van der Waals surface area contributed by atoms with Gasteiger partial charge in [0.2, 0.25) is 0 Å². The van der Waals surface area contributed by atoms with Crippen LogP contribution in [0.4, 0.5) is 16.2 Å². The molecular formula is C16H17ClN2O4. The van der Waals surface area contributed by atoms with Gasteiger partial charge in [0.25, 0.3) is 0 Å². The second kappa shape index (κ2) is 7.60. The quantitative estimate of drug-likeness (QED) is 0.865. The Morgan fingerprint density at radius 3 is 2.22 bits per heavy atom. The molecule has 0 fully saturated rings. The fourth-order valence-electron chi connectivity index (χ4n) is 1.94. The molecule has 0 aliphatic rings. The van der Waals surface area contributed by atoms with Crippen LogP contribution in [0.5, 0.6) is 17.2 Å². The average molecular weight is 337 g/mol. The number of amides is 2. The van der Waals surface area contributed by atoms with Crippen LogP contribution in [-0.2, 0) is 0 Å². The molecule has 2 rings (SSSR count). The van der Waals surface area contributed by atoms with Gasteiger partial charge in [0.1, 0.15) is 17.2 Å². The van der Waals surface area contributed by atoms with Crippen LogP contribution in [0.15, 0.2) is 36.4 Å². The number of anilines is 2. The first-order valence-electron chi connectivity index (χ1n) is 6.71. The lowest BCUT2D eigenvalue weighted by atomic mass is 10.2. The number of carbonyl (C=O) groups excluding carboxylic acids is 1. The highest BCUT2D eigenvalue weighted by molar-refractivity contribution is 6.32. The van der Waals surface area contributed by atoms with Gasteiger partial charge in [0.05, 0.1) is 32.0 Å². The van der Waals surface area contributed by atoms with Crippen molar-refractivity contribution in [2.45, 2.75) is 0 Å². The molecule has 0 aliphatic carbocycles. The van der Waals surface area contributed by atoms with E-state index in [0.29, 0.717) is 33.6 Å². The summed E-state index contributed by atoms with van der Waals surface area (Å²) >= 11 is 6.03. The summed E-state index contributed by atoms with van der Waals surface area (Å²) in [5.74, 6) is 1.66. The van der Waals surface area contributed by atoms with Crippen LogP contribution in [0.1, 0.15) is 0 Å². The van der Waals surface area contributed by atoms with Crippen molar-refractivity contribution in [2.24, 2.45) is 0 Å². The summed E-state index contributed by atoms with van der Waals surface area (Å²) < 4.78 is 15.4. The highest BCUT2D eigenvalue weighted by Gasteiger charge is 2.10. The van der Waals surface area contributed by atoms with Gasteiger partial charge in [-0.1, -0.05) is 11.6 Å². The Labute approximate surface area is 139 Å². The molecule has 0 radical (unpaired) electrons. The third kappa shape index (κ3) is 4.20. The zero-order valence-corrected chi connectivity index (χ0v) is 13.7. The van der Waals surface area contributed by atoms with Crippen molar-refractivity contribution in [3.63, 3.8) is 0 Å². The van der Waals surface area contributed by atoms with E-state index < -0.39 is 6.03 Å². The molecule has 0 bridgehead atoms. The summed E-state index contributed by atoms with van der Waals surface area (Å²) in [5.41, 5.74) is 1.03. The van der Waals surface area contributed by atoms with Crippen LogP contribution < -0.4 is 24.8 Å². The lowest BCUT2D eigenvalue weighted by Gasteiger charge is -2.13. The Hall–Kier alpha value is -2.60. The Balaban J connectivity index is 2.11. The number of halogens is 1.